The van der Waals surface area contributed by atoms with Crippen molar-refractivity contribution < 1.29 is 9.47 Å². The van der Waals surface area contributed by atoms with Crippen LogP contribution in [0, 0.1) is 0 Å². The summed E-state index contributed by atoms with van der Waals surface area (Å²) in [7, 11) is 1.66. The number of hydrogen-bond donors (Lipinski definition) is 1. The average Bonchev–Trinajstić information content (AvgIpc) is 2.42. The van der Waals surface area contributed by atoms with Crippen molar-refractivity contribution >= 4 is 0 Å². The number of benzene rings is 1. The number of nitrogens with one attached hydrogen (secondary N) is 1. The van der Waals surface area contributed by atoms with Gasteiger partial charge in [-0.25, -0.2) is 0 Å². The first kappa shape index (κ1) is 15.6. The molecular weight excluding hydrogens is 238 g/mol. The summed E-state index contributed by atoms with van der Waals surface area (Å²) < 4.78 is 11.0. The van der Waals surface area contributed by atoms with Gasteiger partial charge in [-0.2, -0.15) is 0 Å². The summed E-state index contributed by atoms with van der Waals surface area (Å²) in [6, 6.07) is 6.55. The molecule has 0 aliphatic heterocycles. The van der Waals surface area contributed by atoms with Crippen LogP contribution in [0.3, 0.4) is 0 Å². The minimum absolute atomic E-state index is 0.515. The molecule has 0 spiro atoms. The third-order valence-electron chi connectivity index (χ3n) is 2.97. The third-order valence-corrected chi connectivity index (χ3v) is 2.97. The van der Waals surface area contributed by atoms with E-state index in [0.29, 0.717) is 12.6 Å². The molecule has 0 bridgehead atoms. The molecule has 0 saturated carbocycles. The van der Waals surface area contributed by atoms with Crippen LogP contribution in [-0.2, 0) is 6.54 Å². The molecular formula is C16H25NO2. The Bertz CT molecular complexity index is 415. The fraction of sp³-hybridized carbons (Fsp3) is 0.500. The Hall–Kier alpha value is -1.48. The van der Waals surface area contributed by atoms with E-state index >= 15 is 0 Å². The van der Waals surface area contributed by atoms with E-state index in [4.69, 9.17) is 9.47 Å². The predicted octanol–water partition coefficient (Wildman–Crippen LogP) is 3.54. The van der Waals surface area contributed by atoms with Crippen molar-refractivity contribution in [3.8, 4) is 11.5 Å². The summed E-state index contributed by atoms with van der Waals surface area (Å²) in [5.74, 6) is 1.53. The second-order valence-electron chi connectivity index (χ2n) is 4.92. The summed E-state index contributed by atoms with van der Waals surface area (Å²) in [6.07, 6.45) is 1.12. The number of methoxy groups -OCH3 is 1. The van der Waals surface area contributed by atoms with Gasteiger partial charge in [-0.05, 0) is 43.5 Å². The Morgan fingerprint density at radius 2 is 2.11 bits per heavy atom. The lowest BCUT2D eigenvalue weighted by atomic mass is 10.1. The summed E-state index contributed by atoms with van der Waals surface area (Å²) in [5.41, 5.74) is 2.18. The van der Waals surface area contributed by atoms with Gasteiger partial charge in [0.15, 0.2) is 11.5 Å². The van der Waals surface area contributed by atoms with E-state index in [1.165, 1.54) is 5.56 Å². The summed E-state index contributed by atoms with van der Waals surface area (Å²) in [4.78, 5) is 0. The van der Waals surface area contributed by atoms with Gasteiger partial charge in [0, 0.05) is 12.6 Å². The highest BCUT2D eigenvalue weighted by atomic mass is 16.5. The van der Waals surface area contributed by atoms with Gasteiger partial charge in [-0.15, -0.1) is 0 Å². The molecule has 1 aromatic carbocycles. The molecule has 0 saturated heterocycles. The zero-order chi connectivity index (χ0) is 14.3. The van der Waals surface area contributed by atoms with Crippen molar-refractivity contribution in [2.75, 3.05) is 13.7 Å². The van der Waals surface area contributed by atoms with E-state index < -0.39 is 0 Å². The van der Waals surface area contributed by atoms with Crippen LogP contribution in [0.1, 0.15) is 32.8 Å². The van der Waals surface area contributed by atoms with Gasteiger partial charge in [0.05, 0.1) is 7.11 Å². The predicted molar refractivity (Wildman–Crippen MR) is 79.9 cm³/mol. The van der Waals surface area contributed by atoms with Gasteiger partial charge in [-0.3, -0.25) is 0 Å². The van der Waals surface area contributed by atoms with E-state index in [9.17, 15) is 0 Å². The molecule has 3 heteroatoms. The molecule has 0 fully saturated rings. The summed E-state index contributed by atoms with van der Waals surface area (Å²) >= 11 is 0. The molecule has 0 aliphatic rings. The largest absolute Gasteiger partial charge is 0.493 e. The zero-order valence-electron chi connectivity index (χ0n) is 12.5. The first-order valence-corrected chi connectivity index (χ1v) is 6.74. The molecule has 0 radical (unpaired) electrons. The fourth-order valence-electron chi connectivity index (χ4n) is 1.58. The molecule has 19 heavy (non-hydrogen) atoms. The van der Waals surface area contributed by atoms with Gasteiger partial charge >= 0.3 is 0 Å². The molecule has 0 amide bonds. The minimum atomic E-state index is 0.515. The highest BCUT2D eigenvalue weighted by molar-refractivity contribution is 5.43. The van der Waals surface area contributed by atoms with Crippen LogP contribution >= 0.6 is 0 Å². The first-order valence-electron chi connectivity index (χ1n) is 6.74. The van der Waals surface area contributed by atoms with Crippen molar-refractivity contribution in [3.63, 3.8) is 0 Å². The van der Waals surface area contributed by atoms with Gasteiger partial charge in [0.25, 0.3) is 0 Å². The maximum absolute atomic E-state index is 5.65. The van der Waals surface area contributed by atoms with E-state index in [0.717, 1.165) is 30.0 Å². The second kappa shape index (κ2) is 7.85. The molecule has 0 heterocycles. The molecule has 0 aliphatic carbocycles. The Morgan fingerprint density at radius 3 is 2.68 bits per heavy atom. The molecule has 0 aromatic heterocycles. The minimum Gasteiger partial charge on any atom is -0.493 e. The van der Waals surface area contributed by atoms with Crippen LogP contribution < -0.4 is 14.8 Å². The number of ether oxygens (including phenoxy) is 2. The fourth-order valence-corrected chi connectivity index (χ4v) is 1.58. The maximum atomic E-state index is 5.65. The van der Waals surface area contributed by atoms with Crippen LogP contribution in [0.15, 0.2) is 30.4 Å². The van der Waals surface area contributed by atoms with Gasteiger partial charge in [0.1, 0.15) is 6.61 Å². The smallest absolute Gasteiger partial charge is 0.161 e. The highest BCUT2D eigenvalue weighted by Crippen LogP contribution is 2.28. The van der Waals surface area contributed by atoms with Crippen LogP contribution in [0.4, 0.5) is 0 Å². The average molecular weight is 263 g/mol. The van der Waals surface area contributed by atoms with Gasteiger partial charge < -0.3 is 14.8 Å². The number of rotatable bonds is 8. The molecule has 1 atom stereocenters. The molecule has 106 valence electrons. The lowest BCUT2D eigenvalue weighted by molar-refractivity contribution is 0.319. The van der Waals surface area contributed by atoms with Crippen molar-refractivity contribution in [1.29, 1.82) is 0 Å². The monoisotopic (exact) mass is 263 g/mol. The first-order chi connectivity index (χ1) is 9.06. The van der Waals surface area contributed by atoms with Crippen molar-refractivity contribution in [1.82, 2.24) is 5.32 Å². The van der Waals surface area contributed by atoms with E-state index in [-0.39, 0.29) is 0 Å². The van der Waals surface area contributed by atoms with Crippen LogP contribution in [-0.4, -0.2) is 19.8 Å². The van der Waals surface area contributed by atoms with E-state index in [1.807, 2.05) is 19.1 Å². The van der Waals surface area contributed by atoms with E-state index in [2.05, 4.69) is 31.8 Å². The SMILES string of the molecule is C=C(C)COc1ccc(CNC(C)CC)cc1OC. The molecule has 1 aromatic rings. The van der Waals surface area contributed by atoms with Crippen LogP contribution in [0.25, 0.3) is 0 Å². The highest BCUT2D eigenvalue weighted by Gasteiger charge is 2.06. The summed E-state index contributed by atoms with van der Waals surface area (Å²) in [6.45, 7) is 11.5. The number of hydrogen-bond acceptors (Lipinski definition) is 3. The topological polar surface area (TPSA) is 30.5 Å². The third kappa shape index (κ3) is 5.35. The van der Waals surface area contributed by atoms with Crippen LogP contribution in [0.5, 0.6) is 11.5 Å². The normalized spacial score (nSPS) is 12.0. The zero-order valence-corrected chi connectivity index (χ0v) is 12.5. The van der Waals surface area contributed by atoms with E-state index in [1.54, 1.807) is 7.11 Å². The lowest BCUT2D eigenvalue weighted by Crippen LogP contribution is -2.24. The molecule has 1 unspecified atom stereocenters. The van der Waals surface area contributed by atoms with Crippen molar-refractivity contribution in [2.45, 2.75) is 39.8 Å². The van der Waals surface area contributed by atoms with Crippen molar-refractivity contribution in [2.24, 2.45) is 0 Å². The van der Waals surface area contributed by atoms with Crippen LogP contribution in [0.2, 0.25) is 0 Å². The lowest BCUT2D eigenvalue weighted by Gasteiger charge is -2.14. The van der Waals surface area contributed by atoms with Crippen molar-refractivity contribution in [3.05, 3.63) is 35.9 Å². The second-order valence-corrected chi connectivity index (χ2v) is 4.92. The van der Waals surface area contributed by atoms with Gasteiger partial charge in [-0.1, -0.05) is 19.6 Å². The Kier molecular flexibility index (Phi) is 6.43. The Labute approximate surface area is 116 Å². The quantitative estimate of drug-likeness (QED) is 0.728. The molecule has 3 nitrogen and oxygen atoms in total. The maximum Gasteiger partial charge on any atom is 0.161 e. The standard InChI is InChI=1S/C16H25NO2/c1-6-13(4)17-10-14-7-8-15(16(9-14)18-5)19-11-12(2)3/h7-9,13,17H,2,6,10-11H2,1,3-5H3. The molecule has 1 N–H and O–H groups in total. The molecule has 1 rings (SSSR count). The summed E-state index contributed by atoms with van der Waals surface area (Å²) in [5, 5.41) is 3.46. The Morgan fingerprint density at radius 1 is 1.37 bits per heavy atom. The van der Waals surface area contributed by atoms with Gasteiger partial charge in [0.2, 0.25) is 0 Å². The Balaban J connectivity index is 2.69.